The molecule has 188 valence electrons. The molecule has 4 rings (SSSR count). The van der Waals surface area contributed by atoms with Crippen molar-refractivity contribution in [3.63, 3.8) is 0 Å². The molecule has 1 N–H and O–H groups in total. The van der Waals surface area contributed by atoms with E-state index in [4.69, 9.17) is 37.4 Å². The lowest BCUT2D eigenvalue weighted by atomic mass is 10.2. The van der Waals surface area contributed by atoms with Crippen LogP contribution in [-0.4, -0.2) is 38.7 Å². The average molecular weight is 530 g/mol. The number of anilines is 1. The van der Waals surface area contributed by atoms with Gasteiger partial charge in [-0.15, -0.1) is 0 Å². The number of benzene rings is 2. The third-order valence-electron chi connectivity index (χ3n) is 4.98. The van der Waals surface area contributed by atoms with Gasteiger partial charge in [-0.05, 0) is 49.7 Å². The summed E-state index contributed by atoms with van der Waals surface area (Å²) in [4.78, 5) is 12.7. The van der Waals surface area contributed by atoms with E-state index in [1.165, 1.54) is 4.68 Å². The van der Waals surface area contributed by atoms with Crippen molar-refractivity contribution < 1.29 is 19.0 Å². The summed E-state index contributed by atoms with van der Waals surface area (Å²) in [6, 6.07) is 12.4. The highest BCUT2D eigenvalue weighted by molar-refractivity contribution is 6.37. The normalized spacial score (nSPS) is 10.8. The maximum Gasteiger partial charge on any atom is 0.276 e. The number of halogens is 2. The lowest BCUT2D eigenvalue weighted by Gasteiger charge is -2.12. The molecule has 0 radical (unpaired) electrons. The Morgan fingerprint density at radius 1 is 0.972 bits per heavy atom. The molecule has 2 heterocycles. The van der Waals surface area contributed by atoms with Gasteiger partial charge < -0.3 is 19.5 Å². The van der Waals surface area contributed by atoms with Crippen LogP contribution in [0, 0.1) is 0 Å². The summed E-state index contributed by atoms with van der Waals surface area (Å²) in [5.41, 5.74) is 1.76. The molecular weight excluding hydrogens is 505 g/mol. The summed E-state index contributed by atoms with van der Waals surface area (Å²) in [7, 11) is 0. The van der Waals surface area contributed by atoms with Crippen LogP contribution in [-0.2, 0) is 13.3 Å². The van der Waals surface area contributed by atoms with E-state index in [2.05, 4.69) is 15.5 Å². The molecule has 0 unspecified atom stereocenters. The highest BCUT2D eigenvalue weighted by Crippen LogP contribution is 2.32. The van der Waals surface area contributed by atoms with Crippen LogP contribution >= 0.6 is 23.2 Å². The number of rotatable bonds is 11. The van der Waals surface area contributed by atoms with Gasteiger partial charge in [0.05, 0.1) is 41.7 Å². The van der Waals surface area contributed by atoms with Crippen molar-refractivity contribution in [2.75, 3.05) is 18.5 Å². The summed E-state index contributed by atoms with van der Waals surface area (Å²) in [6.45, 7) is 5.49. The van der Waals surface area contributed by atoms with Gasteiger partial charge in [-0.3, -0.25) is 9.48 Å². The highest BCUT2D eigenvalue weighted by Gasteiger charge is 2.13. The van der Waals surface area contributed by atoms with E-state index in [9.17, 15) is 4.79 Å². The molecule has 0 saturated heterocycles. The van der Waals surface area contributed by atoms with E-state index in [0.29, 0.717) is 52.7 Å². The first-order valence-electron chi connectivity index (χ1n) is 11.3. The Kier molecular flexibility index (Phi) is 8.35. The largest absolute Gasteiger partial charge is 0.490 e. The predicted molar refractivity (Wildman–Crippen MR) is 137 cm³/mol. The zero-order chi connectivity index (χ0) is 25.5. The zero-order valence-electron chi connectivity index (χ0n) is 19.8. The third kappa shape index (κ3) is 6.30. The molecule has 0 fully saturated rings. The second-order valence-corrected chi connectivity index (χ2v) is 8.41. The number of carbonyl (C=O) groups is 1. The zero-order valence-corrected chi connectivity index (χ0v) is 21.3. The fourth-order valence-corrected chi connectivity index (χ4v) is 3.90. The Hall–Kier alpha value is -3.69. The van der Waals surface area contributed by atoms with Crippen molar-refractivity contribution in [1.82, 2.24) is 19.6 Å². The number of hydrogen-bond acceptors (Lipinski definition) is 6. The monoisotopic (exact) mass is 529 g/mol. The van der Waals surface area contributed by atoms with Crippen LogP contribution in [0.2, 0.25) is 10.0 Å². The van der Waals surface area contributed by atoms with Crippen molar-refractivity contribution in [2.45, 2.75) is 27.1 Å². The van der Waals surface area contributed by atoms with Crippen LogP contribution in [0.4, 0.5) is 5.69 Å². The van der Waals surface area contributed by atoms with Crippen LogP contribution in [0.5, 0.6) is 17.2 Å². The molecule has 0 aliphatic heterocycles. The van der Waals surface area contributed by atoms with Gasteiger partial charge in [0.25, 0.3) is 5.91 Å². The second-order valence-electron chi connectivity index (χ2n) is 7.59. The third-order valence-corrected chi connectivity index (χ3v) is 5.57. The van der Waals surface area contributed by atoms with Crippen LogP contribution in [0.25, 0.3) is 0 Å². The molecule has 0 aliphatic rings. The van der Waals surface area contributed by atoms with Crippen molar-refractivity contribution in [3.8, 4) is 17.2 Å². The number of nitrogens with zero attached hydrogens (tertiary/aromatic N) is 4. The SMILES string of the molecule is CCOc1ccc(Cn2cc(NC(=O)c3ccn(COc4c(Cl)cccc4Cl)n3)cn2)cc1OCC. The van der Waals surface area contributed by atoms with Crippen LogP contribution in [0.3, 0.4) is 0 Å². The number of nitrogens with one attached hydrogen (secondary N) is 1. The summed E-state index contributed by atoms with van der Waals surface area (Å²) < 4.78 is 20.1. The van der Waals surface area contributed by atoms with Gasteiger partial charge in [0.2, 0.25) is 0 Å². The standard InChI is InChI=1S/C25H25Cl2N5O4/c1-3-34-22-9-8-17(12-23(22)35-4-2)14-32-15-18(13-28-32)29-25(33)21-10-11-31(30-21)16-36-24-19(26)6-5-7-20(24)27/h5-13,15H,3-4,14,16H2,1-2H3,(H,29,33). The molecule has 2 aromatic carbocycles. The molecule has 1 amide bonds. The molecule has 0 spiro atoms. The van der Waals surface area contributed by atoms with Crippen molar-refractivity contribution in [2.24, 2.45) is 0 Å². The number of para-hydroxylation sites is 1. The minimum atomic E-state index is -0.372. The lowest BCUT2D eigenvalue weighted by molar-refractivity contribution is 0.102. The second kappa shape index (κ2) is 11.8. The summed E-state index contributed by atoms with van der Waals surface area (Å²) in [5, 5.41) is 12.2. The molecular formula is C25H25Cl2N5O4. The Bertz CT molecular complexity index is 1320. The topological polar surface area (TPSA) is 92.4 Å². The first-order valence-corrected chi connectivity index (χ1v) is 12.0. The Morgan fingerprint density at radius 3 is 2.47 bits per heavy atom. The predicted octanol–water partition coefficient (Wildman–Crippen LogP) is 5.52. The van der Waals surface area contributed by atoms with Crippen molar-refractivity contribution >= 4 is 34.8 Å². The average Bonchev–Trinajstić information content (AvgIpc) is 3.50. The Labute approximate surface area is 218 Å². The van der Waals surface area contributed by atoms with Gasteiger partial charge in [0, 0.05) is 12.4 Å². The fraction of sp³-hybridized carbons (Fsp3) is 0.240. The van der Waals surface area contributed by atoms with Gasteiger partial charge in [0.15, 0.2) is 29.7 Å². The summed E-state index contributed by atoms with van der Waals surface area (Å²) in [5.74, 6) is 1.38. The minimum absolute atomic E-state index is 0.0421. The maximum atomic E-state index is 12.7. The highest BCUT2D eigenvalue weighted by atomic mass is 35.5. The first kappa shape index (κ1) is 25.4. The van der Waals surface area contributed by atoms with Gasteiger partial charge in [-0.2, -0.15) is 10.2 Å². The minimum Gasteiger partial charge on any atom is -0.490 e. The van der Waals surface area contributed by atoms with E-state index in [1.54, 1.807) is 47.5 Å². The van der Waals surface area contributed by atoms with E-state index < -0.39 is 0 Å². The number of carbonyl (C=O) groups excluding carboxylic acids is 1. The smallest absolute Gasteiger partial charge is 0.276 e. The molecule has 0 bridgehead atoms. The molecule has 11 heteroatoms. The Morgan fingerprint density at radius 2 is 1.72 bits per heavy atom. The van der Waals surface area contributed by atoms with Gasteiger partial charge >= 0.3 is 0 Å². The van der Waals surface area contributed by atoms with Crippen LogP contribution in [0.15, 0.2) is 61.1 Å². The fourth-order valence-electron chi connectivity index (χ4n) is 3.40. The van der Waals surface area contributed by atoms with Gasteiger partial charge in [0.1, 0.15) is 0 Å². The number of hydrogen-bond donors (Lipinski definition) is 1. The maximum absolute atomic E-state index is 12.7. The first-order chi connectivity index (χ1) is 17.5. The van der Waals surface area contributed by atoms with E-state index in [0.717, 1.165) is 5.56 Å². The van der Waals surface area contributed by atoms with E-state index >= 15 is 0 Å². The molecule has 36 heavy (non-hydrogen) atoms. The molecule has 0 saturated carbocycles. The lowest BCUT2D eigenvalue weighted by Crippen LogP contribution is -2.14. The molecule has 2 aromatic heterocycles. The van der Waals surface area contributed by atoms with Gasteiger partial charge in [-0.1, -0.05) is 35.3 Å². The van der Waals surface area contributed by atoms with Crippen LogP contribution < -0.4 is 19.5 Å². The van der Waals surface area contributed by atoms with Crippen molar-refractivity contribution in [1.29, 1.82) is 0 Å². The molecule has 4 aromatic rings. The quantitative estimate of drug-likeness (QED) is 0.275. The van der Waals surface area contributed by atoms with E-state index in [-0.39, 0.29) is 18.3 Å². The molecule has 0 atom stereocenters. The van der Waals surface area contributed by atoms with E-state index in [1.807, 2.05) is 32.0 Å². The molecule has 9 nitrogen and oxygen atoms in total. The summed E-state index contributed by atoms with van der Waals surface area (Å²) >= 11 is 12.2. The molecule has 0 aliphatic carbocycles. The van der Waals surface area contributed by atoms with Crippen LogP contribution in [0.1, 0.15) is 29.9 Å². The van der Waals surface area contributed by atoms with Crippen molar-refractivity contribution in [3.05, 3.63) is 82.4 Å². The number of aromatic nitrogens is 4. The number of ether oxygens (including phenoxy) is 3. The van der Waals surface area contributed by atoms with Gasteiger partial charge in [-0.25, -0.2) is 4.68 Å². The Balaban J connectivity index is 1.35. The summed E-state index contributed by atoms with van der Waals surface area (Å²) in [6.07, 6.45) is 4.95. The number of amides is 1.